The van der Waals surface area contributed by atoms with E-state index in [0.29, 0.717) is 12.6 Å². The van der Waals surface area contributed by atoms with Crippen LogP contribution in [0.25, 0.3) is 0 Å². The molecule has 0 aliphatic carbocycles. The Morgan fingerprint density at radius 1 is 1.35 bits per heavy atom. The number of nitrogens with zero attached hydrogens (tertiary/aromatic N) is 1. The van der Waals surface area contributed by atoms with E-state index in [2.05, 4.69) is 45.5 Å². The molecule has 5 heteroatoms. The Hall–Kier alpha value is -0.910. The van der Waals surface area contributed by atoms with E-state index >= 15 is 0 Å². The van der Waals surface area contributed by atoms with Crippen molar-refractivity contribution in [2.75, 3.05) is 0 Å². The highest BCUT2D eigenvalue weighted by molar-refractivity contribution is 9.10. The molecule has 0 amide bonds. The standard InChI is InChI=1S/C15H19BrN2OS/c1-10(2)17-8-13-14(5-4-11(3)18-13)19-9-15-12(16)6-7-20-15/h4-7,10,17H,8-9H2,1-3H3. The maximum Gasteiger partial charge on any atom is 0.142 e. The third kappa shape index (κ3) is 4.30. The van der Waals surface area contributed by atoms with E-state index in [0.717, 1.165) is 28.2 Å². The lowest BCUT2D eigenvalue weighted by Crippen LogP contribution is -2.23. The number of thiophene rings is 1. The normalized spacial score (nSPS) is 11.1. The van der Waals surface area contributed by atoms with Gasteiger partial charge in [-0.3, -0.25) is 4.98 Å². The maximum atomic E-state index is 5.93. The van der Waals surface area contributed by atoms with Crippen molar-refractivity contribution in [3.05, 3.63) is 44.3 Å². The molecule has 20 heavy (non-hydrogen) atoms. The number of hydrogen-bond acceptors (Lipinski definition) is 4. The van der Waals surface area contributed by atoms with Gasteiger partial charge in [0.15, 0.2) is 0 Å². The average molecular weight is 355 g/mol. The lowest BCUT2D eigenvalue weighted by Gasteiger charge is -2.13. The number of hydrogen-bond donors (Lipinski definition) is 1. The van der Waals surface area contributed by atoms with Gasteiger partial charge in [-0.2, -0.15) is 0 Å². The monoisotopic (exact) mass is 354 g/mol. The van der Waals surface area contributed by atoms with E-state index in [4.69, 9.17) is 4.74 Å². The van der Waals surface area contributed by atoms with Crippen molar-refractivity contribution in [3.63, 3.8) is 0 Å². The van der Waals surface area contributed by atoms with E-state index in [9.17, 15) is 0 Å². The van der Waals surface area contributed by atoms with E-state index in [1.54, 1.807) is 11.3 Å². The summed E-state index contributed by atoms with van der Waals surface area (Å²) in [6.45, 7) is 7.54. The van der Waals surface area contributed by atoms with Gasteiger partial charge in [0.25, 0.3) is 0 Å². The van der Waals surface area contributed by atoms with Gasteiger partial charge >= 0.3 is 0 Å². The molecule has 2 aromatic heterocycles. The molecule has 0 saturated carbocycles. The summed E-state index contributed by atoms with van der Waals surface area (Å²) >= 11 is 5.21. The first-order chi connectivity index (χ1) is 9.56. The van der Waals surface area contributed by atoms with Crippen LogP contribution in [0.3, 0.4) is 0 Å². The van der Waals surface area contributed by atoms with Crippen LogP contribution in [0.4, 0.5) is 0 Å². The van der Waals surface area contributed by atoms with E-state index in [1.807, 2.05) is 25.1 Å². The fourth-order valence-electron chi connectivity index (χ4n) is 1.73. The van der Waals surface area contributed by atoms with Crippen molar-refractivity contribution in [2.24, 2.45) is 0 Å². The maximum absolute atomic E-state index is 5.93. The number of rotatable bonds is 6. The molecule has 1 N–H and O–H groups in total. The number of aromatic nitrogens is 1. The van der Waals surface area contributed by atoms with E-state index in [1.165, 1.54) is 4.88 Å². The minimum Gasteiger partial charge on any atom is -0.486 e. The third-order valence-electron chi connectivity index (χ3n) is 2.80. The zero-order chi connectivity index (χ0) is 14.5. The Labute approximate surface area is 132 Å². The van der Waals surface area contributed by atoms with Crippen molar-refractivity contribution in [3.8, 4) is 5.75 Å². The van der Waals surface area contributed by atoms with E-state index < -0.39 is 0 Å². The smallest absolute Gasteiger partial charge is 0.142 e. The number of aryl methyl sites for hydroxylation is 1. The van der Waals surface area contributed by atoms with Gasteiger partial charge in [0.2, 0.25) is 0 Å². The first-order valence-electron chi connectivity index (χ1n) is 6.61. The van der Waals surface area contributed by atoms with Crippen LogP contribution in [-0.2, 0) is 13.2 Å². The fraction of sp³-hybridized carbons (Fsp3) is 0.400. The van der Waals surface area contributed by atoms with Crippen LogP contribution < -0.4 is 10.1 Å². The Bertz CT molecular complexity index is 569. The Kier molecular flexibility index (Phi) is 5.57. The lowest BCUT2D eigenvalue weighted by atomic mass is 10.2. The van der Waals surface area contributed by atoms with Crippen molar-refractivity contribution >= 4 is 27.3 Å². The van der Waals surface area contributed by atoms with Crippen molar-refractivity contribution < 1.29 is 4.74 Å². The van der Waals surface area contributed by atoms with Gasteiger partial charge in [-0.15, -0.1) is 11.3 Å². The molecule has 2 rings (SSSR count). The Morgan fingerprint density at radius 3 is 2.80 bits per heavy atom. The van der Waals surface area contributed by atoms with Crippen LogP contribution in [0.5, 0.6) is 5.75 Å². The van der Waals surface area contributed by atoms with Crippen molar-refractivity contribution in [1.29, 1.82) is 0 Å². The first kappa shape index (κ1) is 15.5. The molecular weight excluding hydrogens is 336 g/mol. The van der Waals surface area contributed by atoms with Gasteiger partial charge < -0.3 is 10.1 Å². The second kappa shape index (κ2) is 7.20. The number of pyridine rings is 1. The summed E-state index contributed by atoms with van der Waals surface area (Å²) in [5.74, 6) is 0.851. The zero-order valence-corrected chi connectivity index (χ0v) is 14.3. The average Bonchev–Trinajstić information content (AvgIpc) is 2.81. The minimum atomic E-state index is 0.427. The number of halogens is 1. The van der Waals surface area contributed by atoms with Gasteiger partial charge in [-0.1, -0.05) is 13.8 Å². The van der Waals surface area contributed by atoms with Crippen molar-refractivity contribution in [2.45, 2.75) is 40.0 Å². The van der Waals surface area contributed by atoms with Crippen LogP contribution in [0.1, 0.15) is 30.1 Å². The molecular formula is C15H19BrN2OS. The van der Waals surface area contributed by atoms with Crippen LogP contribution >= 0.6 is 27.3 Å². The largest absolute Gasteiger partial charge is 0.486 e. The molecule has 2 heterocycles. The molecule has 0 aliphatic rings. The SMILES string of the molecule is Cc1ccc(OCc2sccc2Br)c(CNC(C)C)n1. The molecule has 108 valence electrons. The number of nitrogens with one attached hydrogen (secondary N) is 1. The van der Waals surface area contributed by atoms with Crippen molar-refractivity contribution in [1.82, 2.24) is 10.3 Å². The molecule has 0 radical (unpaired) electrons. The molecule has 0 atom stereocenters. The molecule has 0 bridgehead atoms. The van der Waals surface area contributed by atoms with Crippen LogP contribution in [0.2, 0.25) is 0 Å². The Balaban J connectivity index is 2.08. The highest BCUT2D eigenvalue weighted by atomic mass is 79.9. The molecule has 2 aromatic rings. The summed E-state index contributed by atoms with van der Waals surface area (Å²) in [6.07, 6.45) is 0. The van der Waals surface area contributed by atoms with Crippen LogP contribution in [0, 0.1) is 6.92 Å². The summed E-state index contributed by atoms with van der Waals surface area (Å²) in [5.41, 5.74) is 1.97. The quantitative estimate of drug-likeness (QED) is 0.839. The first-order valence-corrected chi connectivity index (χ1v) is 8.28. The summed E-state index contributed by atoms with van der Waals surface area (Å²) < 4.78 is 7.03. The van der Waals surface area contributed by atoms with Gasteiger partial charge in [0, 0.05) is 22.8 Å². The summed E-state index contributed by atoms with van der Waals surface area (Å²) in [6, 6.07) is 6.45. The molecule has 3 nitrogen and oxygen atoms in total. The summed E-state index contributed by atoms with van der Waals surface area (Å²) in [4.78, 5) is 5.76. The second-order valence-corrected chi connectivity index (χ2v) is 6.77. The van der Waals surface area contributed by atoms with Gasteiger partial charge in [-0.05, 0) is 46.4 Å². The summed E-state index contributed by atoms with van der Waals surface area (Å²) in [7, 11) is 0. The molecule has 0 fully saturated rings. The van der Waals surface area contributed by atoms with Gasteiger partial charge in [-0.25, -0.2) is 0 Å². The summed E-state index contributed by atoms with van der Waals surface area (Å²) in [5, 5.41) is 5.44. The molecule has 0 spiro atoms. The lowest BCUT2D eigenvalue weighted by molar-refractivity contribution is 0.302. The van der Waals surface area contributed by atoms with Gasteiger partial charge in [0.05, 0.1) is 10.6 Å². The highest BCUT2D eigenvalue weighted by Crippen LogP contribution is 2.25. The van der Waals surface area contributed by atoms with E-state index in [-0.39, 0.29) is 0 Å². The zero-order valence-electron chi connectivity index (χ0n) is 11.9. The van der Waals surface area contributed by atoms with Crippen LogP contribution in [-0.4, -0.2) is 11.0 Å². The predicted molar refractivity (Wildman–Crippen MR) is 87.3 cm³/mol. The Morgan fingerprint density at radius 2 is 2.15 bits per heavy atom. The molecule has 0 saturated heterocycles. The minimum absolute atomic E-state index is 0.427. The molecule has 0 unspecified atom stereocenters. The molecule has 0 aliphatic heterocycles. The van der Waals surface area contributed by atoms with Gasteiger partial charge in [0.1, 0.15) is 12.4 Å². The fourth-order valence-corrected chi connectivity index (χ4v) is 3.11. The third-order valence-corrected chi connectivity index (χ3v) is 4.70. The second-order valence-electron chi connectivity index (χ2n) is 4.91. The predicted octanol–water partition coefficient (Wildman–Crippen LogP) is 4.29. The molecule has 0 aromatic carbocycles. The number of ether oxygens (including phenoxy) is 1. The highest BCUT2D eigenvalue weighted by Gasteiger charge is 2.09. The van der Waals surface area contributed by atoms with Crippen LogP contribution in [0.15, 0.2) is 28.1 Å². The topological polar surface area (TPSA) is 34.1 Å².